The van der Waals surface area contributed by atoms with Crippen molar-refractivity contribution < 1.29 is 9.53 Å². The van der Waals surface area contributed by atoms with Crippen molar-refractivity contribution in [2.45, 2.75) is 6.32 Å². The standard InChI is InChI=1S/C9H9BO2/c1-12-9(11)8-5-3-2-4-7(8)6-10/h2-5H,6H2,1H3. The van der Waals surface area contributed by atoms with Gasteiger partial charge in [-0.25, -0.2) is 4.79 Å². The molecule has 0 saturated carbocycles. The van der Waals surface area contributed by atoms with E-state index in [-0.39, 0.29) is 5.97 Å². The quantitative estimate of drug-likeness (QED) is 0.479. The first-order valence-electron chi connectivity index (χ1n) is 3.66. The van der Waals surface area contributed by atoms with E-state index in [1.807, 2.05) is 12.1 Å². The zero-order valence-electron chi connectivity index (χ0n) is 6.91. The fourth-order valence-electron chi connectivity index (χ4n) is 1.01. The number of hydrogen-bond acceptors (Lipinski definition) is 2. The first kappa shape index (κ1) is 8.85. The molecule has 0 spiro atoms. The van der Waals surface area contributed by atoms with Crippen LogP contribution < -0.4 is 0 Å². The molecule has 0 aliphatic carbocycles. The van der Waals surface area contributed by atoms with Crippen LogP contribution in [0.15, 0.2) is 24.3 Å². The number of ether oxygens (including phenoxy) is 1. The second kappa shape index (κ2) is 3.95. The van der Waals surface area contributed by atoms with Crippen molar-refractivity contribution in [1.82, 2.24) is 0 Å². The lowest BCUT2D eigenvalue weighted by molar-refractivity contribution is 0.0600. The molecule has 0 heterocycles. The van der Waals surface area contributed by atoms with Gasteiger partial charge in [-0.05, 0) is 11.6 Å². The number of benzene rings is 1. The lowest BCUT2D eigenvalue weighted by Gasteiger charge is -2.04. The van der Waals surface area contributed by atoms with Gasteiger partial charge in [0.25, 0.3) is 0 Å². The van der Waals surface area contributed by atoms with Gasteiger partial charge in [-0.2, -0.15) is 0 Å². The molecular formula is C9H9BO2. The van der Waals surface area contributed by atoms with Crippen LogP contribution in [0.5, 0.6) is 0 Å². The molecule has 0 aliphatic rings. The van der Waals surface area contributed by atoms with E-state index >= 15 is 0 Å². The van der Waals surface area contributed by atoms with Crippen LogP contribution in [-0.2, 0) is 11.1 Å². The lowest BCUT2D eigenvalue weighted by atomic mass is 9.93. The first-order chi connectivity index (χ1) is 5.79. The third-order valence-electron chi connectivity index (χ3n) is 1.64. The molecule has 0 fully saturated rings. The van der Waals surface area contributed by atoms with Crippen LogP contribution >= 0.6 is 0 Å². The number of methoxy groups -OCH3 is 1. The Bertz CT molecular complexity index is 284. The zero-order chi connectivity index (χ0) is 8.97. The normalized spacial score (nSPS) is 9.42. The highest BCUT2D eigenvalue weighted by atomic mass is 16.5. The minimum Gasteiger partial charge on any atom is -0.465 e. The Morgan fingerprint density at radius 3 is 2.75 bits per heavy atom. The number of carbonyl (C=O) groups excluding carboxylic acids is 1. The third-order valence-corrected chi connectivity index (χ3v) is 1.64. The van der Waals surface area contributed by atoms with Crippen molar-refractivity contribution in [2.75, 3.05) is 7.11 Å². The smallest absolute Gasteiger partial charge is 0.338 e. The molecule has 0 bridgehead atoms. The molecule has 0 unspecified atom stereocenters. The van der Waals surface area contributed by atoms with Gasteiger partial charge in [-0.1, -0.05) is 24.5 Å². The number of carbonyl (C=O) groups is 1. The maximum Gasteiger partial charge on any atom is 0.338 e. The molecule has 12 heavy (non-hydrogen) atoms. The second-order valence-corrected chi connectivity index (χ2v) is 2.35. The molecule has 0 aromatic heterocycles. The summed E-state index contributed by atoms with van der Waals surface area (Å²) in [7, 11) is 6.79. The van der Waals surface area contributed by atoms with Gasteiger partial charge in [0.05, 0.1) is 20.5 Å². The number of rotatable bonds is 2. The molecule has 1 aromatic rings. The molecular weight excluding hydrogens is 151 g/mol. The molecule has 0 N–H and O–H groups in total. The van der Waals surface area contributed by atoms with Crippen LogP contribution in [-0.4, -0.2) is 20.9 Å². The van der Waals surface area contributed by atoms with Crippen molar-refractivity contribution in [3.8, 4) is 0 Å². The highest BCUT2D eigenvalue weighted by Gasteiger charge is 2.07. The summed E-state index contributed by atoms with van der Waals surface area (Å²) < 4.78 is 4.58. The third kappa shape index (κ3) is 1.67. The average molecular weight is 160 g/mol. The predicted octanol–water partition coefficient (Wildman–Crippen LogP) is 1.14. The van der Waals surface area contributed by atoms with E-state index in [0.717, 1.165) is 5.56 Å². The van der Waals surface area contributed by atoms with E-state index in [9.17, 15) is 4.79 Å². The monoisotopic (exact) mass is 160 g/mol. The van der Waals surface area contributed by atoms with Crippen LogP contribution in [0.3, 0.4) is 0 Å². The Morgan fingerprint density at radius 1 is 1.50 bits per heavy atom. The largest absolute Gasteiger partial charge is 0.465 e. The summed E-state index contributed by atoms with van der Waals surface area (Å²) >= 11 is 0. The summed E-state index contributed by atoms with van der Waals surface area (Å²) in [4.78, 5) is 11.1. The topological polar surface area (TPSA) is 26.3 Å². The molecule has 60 valence electrons. The van der Waals surface area contributed by atoms with Gasteiger partial charge in [0.15, 0.2) is 0 Å². The molecule has 1 rings (SSSR count). The molecule has 0 saturated heterocycles. The predicted molar refractivity (Wildman–Crippen MR) is 47.2 cm³/mol. The lowest BCUT2D eigenvalue weighted by Crippen LogP contribution is -2.05. The Labute approximate surface area is 73.0 Å². The van der Waals surface area contributed by atoms with Gasteiger partial charge in [0.1, 0.15) is 0 Å². The van der Waals surface area contributed by atoms with Crippen molar-refractivity contribution in [1.29, 1.82) is 0 Å². The van der Waals surface area contributed by atoms with Gasteiger partial charge in [0, 0.05) is 0 Å². The molecule has 1 aromatic carbocycles. The average Bonchev–Trinajstić information content (AvgIpc) is 2.16. The molecule has 0 atom stereocenters. The molecule has 0 amide bonds. The summed E-state index contributed by atoms with van der Waals surface area (Å²) in [5, 5.41) is 0. The van der Waals surface area contributed by atoms with Crippen LogP contribution in [0.25, 0.3) is 0 Å². The second-order valence-electron chi connectivity index (χ2n) is 2.35. The Morgan fingerprint density at radius 2 is 2.17 bits per heavy atom. The van der Waals surface area contributed by atoms with Gasteiger partial charge in [-0.15, -0.1) is 0 Å². The van der Waals surface area contributed by atoms with Crippen molar-refractivity contribution >= 4 is 13.8 Å². The number of hydrogen-bond donors (Lipinski definition) is 0. The minimum absolute atomic E-state index is 0.337. The van der Waals surface area contributed by atoms with Crippen LogP contribution in [0.2, 0.25) is 0 Å². The van der Waals surface area contributed by atoms with E-state index in [1.165, 1.54) is 7.11 Å². The minimum atomic E-state index is -0.337. The fourth-order valence-corrected chi connectivity index (χ4v) is 1.01. The first-order valence-corrected chi connectivity index (χ1v) is 3.66. The van der Waals surface area contributed by atoms with Gasteiger partial charge in [-0.3, -0.25) is 0 Å². The van der Waals surface area contributed by atoms with Crippen molar-refractivity contribution in [2.24, 2.45) is 0 Å². The number of esters is 1. The van der Waals surface area contributed by atoms with Gasteiger partial charge >= 0.3 is 5.97 Å². The highest BCUT2D eigenvalue weighted by molar-refractivity contribution is 6.09. The van der Waals surface area contributed by atoms with Crippen LogP contribution in [0, 0.1) is 0 Å². The zero-order valence-corrected chi connectivity index (χ0v) is 6.91. The molecule has 2 radical (unpaired) electrons. The maximum atomic E-state index is 11.1. The van der Waals surface area contributed by atoms with E-state index in [0.29, 0.717) is 11.9 Å². The van der Waals surface area contributed by atoms with E-state index < -0.39 is 0 Å². The summed E-state index contributed by atoms with van der Waals surface area (Å²) in [5.41, 5.74) is 1.35. The Balaban J connectivity index is 3.04. The van der Waals surface area contributed by atoms with Crippen molar-refractivity contribution in [3.05, 3.63) is 35.4 Å². The van der Waals surface area contributed by atoms with Gasteiger partial charge in [0.2, 0.25) is 0 Å². The fraction of sp³-hybridized carbons (Fsp3) is 0.222. The van der Waals surface area contributed by atoms with Gasteiger partial charge < -0.3 is 4.74 Å². The SMILES string of the molecule is [B]Cc1ccccc1C(=O)OC. The van der Waals surface area contributed by atoms with E-state index in [2.05, 4.69) is 4.74 Å². The van der Waals surface area contributed by atoms with Crippen LogP contribution in [0.4, 0.5) is 0 Å². The van der Waals surface area contributed by atoms with Crippen molar-refractivity contribution in [3.63, 3.8) is 0 Å². The summed E-state index contributed by atoms with van der Waals surface area (Å²) in [6.45, 7) is 0. The van der Waals surface area contributed by atoms with E-state index in [4.69, 9.17) is 7.85 Å². The molecule has 0 aliphatic heterocycles. The van der Waals surface area contributed by atoms with Crippen LogP contribution in [0.1, 0.15) is 15.9 Å². The summed E-state index contributed by atoms with van der Waals surface area (Å²) in [5.74, 6) is -0.337. The Kier molecular flexibility index (Phi) is 2.91. The molecule has 2 nitrogen and oxygen atoms in total. The highest BCUT2D eigenvalue weighted by Crippen LogP contribution is 2.09. The van der Waals surface area contributed by atoms with E-state index in [1.54, 1.807) is 12.1 Å². The summed E-state index contributed by atoms with van der Waals surface area (Å²) in [6.07, 6.45) is 0.352. The molecule has 3 heteroatoms. The Hall–Kier alpha value is -1.25. The maximum absolute atomic E-state index is 11.1. The summed E-state index contributed by atoms with van der Waals surface area (Å²) in [6, 6.07) is 7.14.